The highest BCUT2D eigenvalue weighted by Crippen LogP contribution is 2.33. The predicted octanol–water partition coefficient (Wildman–Crippen LogP) is 4.57. The average molecular weight is 322 g/mol. The summed E-state index contributed by atoms with van der Waals surface area (Å²) >= 11 is 7.17. The van der Waals surface area contributed by atoms with Gasteiger partial charge in [0.25, 0.3) is 0 Å². The molecule has 0 saturated carbocycles. The molecule has 0 aromatic carbocycles. The summed E-state index contributed by atoms with van der Waals surface area (Å²) in [4.78, 5) is 4.75. The number of hydrogen-bond acceptors (Lipinski definition) is 4. The molecule has 0 fully saturated rings. The van der Waals surface area contributed by atoms with Gasteiger partial charge in [0.15, 0.2) is 0 Å². The van der Waals surface area contributed by atoms with Gasteiger partial charge in [0.05, 0.1) is 15.9 Å². The van der Waals surface area contributed by atoms with Crippen molar-refractivity contribution in [2.24, 2.45) is 0 Å². The van der Waals surface area contributed by atoms with E-state index in [1.165, 1.54) is 11.3 Å². The fourth-order valence-electron chi connectivity index (χ4n) is 1.64. The number of nitrogen functional groups attached to an aromatic ring is 1. The summed E-state index contributed by atoms with van der Waals surface area (Å²) in [7, 11) is 0. The molecule has 0 radical (unpaired) electrons. The van der Waals surface area contributed by atoms with Crippen LogP contribution in [0.5, 0.6) is 0 Å². The van der Waals surface area contributed by atoms with Gasteiger partial charge in [-0.2, -0.15) is 13.2 Å². The number of nitrogens with one attached hydrogen (secondary N) is 1. The Bertz CT molecular complexity index is 612. The Morgan fingerprint density at radius 1 is 1.35 bits per heavy atom. The summed E-state index contributed by atoms with van der Waals surface area (Å²) in [5.41, 5.74) is 4.58. The summed E-state index contributed by atoms with van der Waals surface area (Å²) < 4.78 is 38.7. The van der Waals surface area contributed by atoms with Crippen molar-refractivity contribution in [2.75, 3.05) is 11.1 Å². The standard InChI is InChI=1S/C12H11ClF3N3S/c1-6(8-2-3-9(13)20-8)18-11-5-7(12(14,15)16)4-10(17)19-11/h2-6H,1H3,(H3,17,18,19). The van der Waals surface area contributed by atoms with Crippen LogP contribution in [0.1, 0.15) is 23.4 Å². The van der Waals surface area contributed by atoms with Crippen LogP contribution in [0.15, 0.2) is 24.3 Å². The number of rotatable bonds is 3. The molecule has 0 bridgehead atoms. The van der Waals surface area contributed by atoms with E-state index in [1.54, 1.807) is 13.0 Å². The van der Waals surface area contributed by atoms with E-state index in [0.717, 1.165) is 17.0 Å². The summed E-state index contributed by atoms with van der Waals surface area (Å²) in [6.45, 7) is 1.81. The molecule has 2 aromatic rings. The SMILES string of the molecule is CC(Nc1cc(C(F)(F)F)cc(N)n1)c1ccc(Cl)s1. The Hall–Kier alpha value is -1.47. The van der Waals surface area contributed by atoms with Gasteiger partial charge < -0.3 is 11.1 Å². The van der Waals surface area contributed by atoms with Crippen LogP contribution in [-0.2, 0) is 6.18 Å². The molecule has 0 amide bonds. The highest BCUT2D eigenvalue weighted by molar-refractivity contribution is 7.16. The molecule has 108 valence electrons. The first kappa shape index (κ1) is 14.9. The second-order valence-corrected chi connectivity index (χ2v) is 5.92. The van der Waals surface area contributed by atoms with Crippen molar-refractivity contribution < 1.29 is 13.2 Å². The molecular formula is C12H11ClF3N3S. The maximum absolute atomic E-state index is 12.7. The fourth-order valence-corrected chi connectivity index (χ4v) is 2.71. The largest absolute Gasteiger partial charge is 0.416 e. The molecule has 3 N–H and O–H groups in total. The number of alkyl halides is 3. The third-order valence-electron chi connectivity index (χ3n) is 2.56. The van der Waals surface area contributed by atoms with Gasteiger partial charge >= 0.3 is 6.18 Å². The average Bonchev–Trinajstić information content (AvgIpc) is 2.74. The van der Waals surface area contributed by atoms with E-state index >= 15 is 0 Å². The van der Waals surface area contributed by atoms with Gasteiger partial charge in [-0.3, -0.25) is 0 Å². The van der Waals surface area contributed by atoms with Crippen LogP contribution in [0.2, 0.25) is 4.34 Å². The molecule has 0 aliphatic rings. The van der Waals surface area contributed by atoms with Crippen molar-refractivity contribution in [3.05, 3.63) is 39.0 Å². The number of anilines is 2. The van der Waals surface area contributed by atoms with E-state index < -0.39 is 11.7 Å². The van der Waals surface area contributed by atoms with E-state index in [9.17, 15) is 13.2 Å². The monoisotopic (exact) mass is 321 g/mol. The quantitative estimate of drug-likeness (QED) is 0.870. The van der Waals surface area contributed by atoms with Gasteiger partial charge in [-0.15, -0.1) is 11.3 Å². The molecular weight excluding hydrogens is 311 g/mol. The van der Waals surface area contributed by atoms with Crippen LogP contribution in [0.25, 0.3) is 0 Å². The molecule has 8 heteroatoms. The number of thiophene rings is 1. The second-order valence-electron chi connectivity index (χ2n) is 4.17. The second kappa shape index (κ2) is 5.49. The van der Waals surface area contributed by atoms with Crippen LogP contribution < -0.4 is 11.1 Å². The van der Waals surface area contributed by atoms with Crippen LogP contribution in [0.4, 0.5) is 24.8 Å². The molecule has 2 heterocycles. The third kappa shape index (κ3) is 3.55. The zero-order chi connectivity index (χ0) is 14.9. The maximum Gasteiger partial charge on any atom is 0.416 e. The van der Waals surface area contributed by atoms with Crippen molar-refractivity contribution in [3.8, 4) is 0 Å². The van der Waals surface area contributed by atoms with E-state index in [1.807, 2.05) is 6.07 Å². The van der Waals surface area contributed by atoms with Crippen LogP contribution >= 0.6 is 22.9 Å². The van der Waals surface area contributed by atoms with E-state index in [2.05, 4.69) is 10.3 Å². The molecule has 2 aromatic heterocycles. The normalized spacial score (nSPS) is 13.2. The Labute approximate surface area is 122 Å². The molecule has 0 aliphatic carbocycles. The number of halogens is 4. The number of aromatic nitrogens is 1. The first-order valence-electron chi connectivity index (χ1n) is 5.62. The number of pyridine rings is 1. The molecule has 3 nitrogen and oxygen atoms in total. The molecule has 0 saturated heterocycles. The lowest BCUT2D eigenvalue weighted by atomic mass is 10.2. The van der Waals surface area contributed by atoms with Gasteiger partial charge in [0.2, 0.25) is 0 Å². The van der Waals surface area contributed by atoms with Gasteiger partial charge in [0, 0.05) is 4.88 Å². The minimum absolute atomic E-state index is 0.0781. The maximum atomic E-state index is 12.7. The van der Waals surface area contributed by atoms with Crippen LogP contribution in [0, 0.1) is 0 Å². The molecule has 2 rings (SSSR count). The number of hydrogen-bond donors (Lipinski definition) is 2. The molecule has 0 aliphatic heterocycles. The van der Waals surface area contributed by atoms with Gasteiger partial charge in [-0.05, 0) is 31.2 Å². The smallest absolute Gasteiger partial charge is 0.384 e. The highest BCUT2D eigenvalue weighted by atomic mass is 35.5. The van der Waals surface area contributed by atoms with Gasteiger partial charge in [-0.25, -0.2) is 4.98 Å². The van der Waals surface area contributed by atoms with Crippen molar-refractivity contribution in [3.63, 3.8) is 0 Å². The Balaban J connectivity index is 2.23. The number of nitrogens with two attached hydrogens (primary N) is 1. The van der Waals surface area contributed by atoms with E-state index in [4.69, 9.17) is 17.3 Å². The fraction of sp³-hybridized carbons (Fsp3) is 0.250. The van der Waals surface area contributed by atoms with E-state index in [0.29, 0.717) is 4.34 Å². The minimum Gasteiger partial charge on any atom is -0.384 e. The van der Waals surface area contributed by atoms with Crippen molar-refractivity contribution in [1.29, 1.82) is 0 Å². The zero-order valence-corrected chi connectivity index (χ0v) is 11.9. The molecule has 0 spiro atoms. The molecule has 1 atom stereocenters. The lowest BCUT2D eigenvalue weighted by Crippen LogP contribution is -2.11. The first-order valence-corrected chi connectivity index (χ1v) is 6.81. The van der Waals surface area contributed by atoms with Crippen molar-refractivity contribution >= 4 is 34.6 Å². The lowest BCUT2D eigenvalue weighted by Gasteiger charge is -2.15. The summed E-state index contributed by atoms with van der Waals surface area (Å²) in [6, 6.07) is 5.05. The van der Waals surface area contributed by atoms with Crippen molar-refractivity contribution in [2.45, 2.75) is 19.1 Å². The predicted molar refractivity (Wildman–Crippen MR) is 75.0 cm³/mol. The summed E-state index contributed by atoms with van der Waals surface area (Å²) in [6.07, 6.45) is -4.46. The Kier molecular flexibility index (Phi) is 4.10. The zero-order valence-electron chi connectivity index (χ0n) is 10.3. The van der Waals surface area contributed by atoms with Crippen LogP contribution in [0.3, 0.4) is 0 Å². The van der Waals surface area contributed by atoms with Gasteiger partial charge in [0.1, 0.15) is 11.6 Å². The lowest BCUT2D eigenvalue weighted by molar-refractivity contribution is -0.137. The van der Waals surface area contributed by atoms with Gasteiger partial charge in [-0.1, -0.05) is 11.6 Å². The minimum atomic E-state index is -4.46. The Morgan fingerprint density at radius 3 is 2.60 bits per heavy atom. The molecule has 1 unspecified atom stereocenters. The van der Waals surface area contributed by atoms with Crippen LogP contribution in [-0.4, -0.2) is 4.98 Å². The molecule has 20 heavy (non-hydrogen) atoms. The summed E-state index contributed by atoms with van der Waals surface area (Å²) in [5, 5.41) is 2.89. The Morgan fingerprint density at radius 2 is 2.05 bits per heavy atom. The number of nitrogens with zero attached hydrogens (tertiary/aromatic N) is 1. The highest BCUT2D eigenvalue weighted by Gasteiger charge is 2.31. The first-order chi connectivity index (χ1) is 9.25. The van der Waals surface area contributed by atoms with E-state index in [-0.39, 0.29) is 17.7 Å². The topological polar surface area (TPSA) is 50.9 Å². The summed E-state index contributed by atoms with van der Waals surface area (Å²) in [5.74, 6) is -0.104. The van der Waals surface area contributed by atoms with Crippen molar-refractivity contribution in [1.82, 2.24) is 4.98 Å². The third-order valence-corrected chi connectivity index (χ3v) is 3.97.